The standard InChI is InChI=1S/C23H32O3S/c1-13(24)18-7-8-19-17-6-5-15-11-16(26)12-21(27-14(2)25)23(15,4)20(17)9-10-22(18,19)3/h11,17-21H,5-10,12H2,1-4H3/t17-,18+,19-,20-,21-,22+,23-/m0/s1. The fraction of sp³-hybridized carbons (Fsp3) is 0.783. The molecule has 0 aliphatic heterocycles. The first kappa shape index (κ1) is 19.4. The van der Waals surface area contributed by atoms with E-state index in [0.717, 1.165) is 32.1 Å². The highest BCUT2D eigenvalue weighted by Crippen LogP contribution is 2.67. The van der Waals surface area contributed by atoms with Crippen LogP contribution in [0, 0.1) is 34.5 Å². The van der Waals surface area contributed by atoms with E-state index in [-0.39, 0.29) is 32.9 Å². The Hall–Kier alpha value is -0.900. The van der Waals surface area contributed by atoms with E-state index in [2.05, 4.69) is 13.8 Å². The lowest BCUT2D eigenvalue weighted by molar-refractivity contribution is -0.128. The van der Waals surface area contributed by atoms with Crippen LogP contribution in [-0.2, 0) is 14.4 Å². The van der Waals surface area contributed by atoms with Gasteiger partial charge in [-0.3, -0.25) is 14.4 Å². The van der Waals surface area contributed by atoms with E-state index < -0.39 is 0 Å². The van der Waals surface area contributed by atoms with Crippen LogP contribution in [0.5, 0.6) is 0 Å². The number of hydrogen-bond acceptors (Lipinski definition) is 4. The number of carbonyl (C=O) groups excluding carboxylic acids is 3. The number of fused-ring (bicyclic) bond motifs is 5. The van der Waals surface area contributed by atoms with Gasteiger partial charge in [0.05, 0.1) is 0 Å². The molecule has 4 aliphatic carbocycles. The van der Waals surface area contributed by atoms with Crippen LogP contribution in [-0.4, -0.2) is 21.9 Å². The third-order valence-corrected chi connectivity index (χ3v) is 10.1. The normalized spacial score (nSPS) is 46.1. The SMILES string of the molecule is CC(=O)S[C@H]1CC(=O)C=C2CC[C@H]3[C@@H]4CC[C@H](C(C)=O)[C@@]4(C)CC[C@@H]3[C@]21C. The first-order valence-corrected chi connectivity index (χ1v) is 11.5. The average Bonchev–Trinajstić information content (AvgIpc) is 2.93. The minimum Gasteiger partial charge on any atom is -0.300 e. The lowest BCUT2D eigenvalue weighted by Crippen LogP contribution is -2.54. The summed E-state index contributed by atoms with van der Waals surface area (Å²) in [7, 11) is 0. The second kappa shape index (κ2) is 6.57. The average molecular weight is 389 g/mol. The summed E-state index contributed by atoms with van der Waals surface area (Å²) in [5.74, 6) is 2.56. The summed E-state index contributed by atoms with van der Waals surface area (Å²) in [4.78, 5) is 36.5. The van der Waals surface area contributed by atoms with E-state index >= 15 is 0 Å². The van der Waals surface area contributed by atoms with Crippen molar-refractivity contribution >= 4 is 28.4 Å². The van der Waals surface area contributed by atoms with Crippen molar-refractivity contribution in [3.05, 3.63) is 11.6 Å². The smallest absolute Gasteiger partial charge is 0.186 e. The first-order valence-electron chi connectivity index (χ1n) is 10.6. The second-order valence-corrected chi connectivity index (χ2v) is 11.3. The molecule has 7 atom stereocenters. The van der Waals surface area contributed by atoms with Crippen LogP contribution in [0.3, 0.4) is 0 Å². The van der Waals surface area contributed by atoms with E-state index in [1.54, 1.807) is 13.8 Å². The zero-order chi connectivity index (χ0) is 19.6. The van der Waals surface area contributed by atoms with Crippen molar-refractivity contribution in [1.29, 1.82) is 0 Å². The van der Waals surface area contributed by atoms with Crippen molar-refractivity contribution in [2.45, 2.75) is 77.9 Å². The van der Waals surface area contributed by atoms with Gasteiger partial charge < -0.3 is 0 Å². The molecule has 0 saturated heterocycles. The molecule has 148 valence electrons. The summed E-state index contributed by atoms with van der Waals surface area (Å²) < 4.78 is 0. The Bertz CT molecular complexity index is 725. The Morgan fingerprint density at radius 3 is 2.48 bits per heavy atom. The zero-order valence-electron chi connectivity index (χ0n) is 17.0. The Morgan fingerprint density at radius 1 is 1.07 bits per heavy atom. The van der Waals surface area contributed by atoms with Crippen molar-refractivity contribution in [3.63, 3.8) is 0 Å². The molecule has 0 amide bonds. The maximum absolute atomic E-state index is 12.3. The van der Waals surface area contributed by atoms with Crippen LogP contribution >= 0.6 is 11.8 Å². The van der Waals surface area contributed by atoms with Crippen LogP contribution in [0.15, 0.2) is 11.6 Å². The lowest BCUT2D eigenvalue weighted by atomic mass is 9.46. The predicted octanol–water partition coefficient (Wildman–Crippen LogP) is 4.98. The maximum atomic E-state index is 12.3. The van der Waals surface area contributed by atoms with E-state index in [1.807, 2.05) is 6.08 Å². The fourth-order valence-corrected chi connectivity index (χ4v) is 8.84. The highest BCUT2D eigenvalue weighted by Gasteiger charge is 2.61. The van der Waals surface area contributed by atoms with Crippen molar-refractivity contribution in [2.24, 2.45) is 34.5 Å². The molecule has 3 saturated carbocycles. The molecular formula is C23H32O3S. The van der Waals surface area contributed by atoms with E-state index in [1.165, 1.54) is 23.8 Å². The van der Waals surface area contributed by atoms with Crippen molar-refractivity contribution < 1.29 is 14.4 Å². The van der Waals surface area contributed by atoms with Crippen molar-refractivity contribution in [2.75, 3.05) is 0 Å². The molecule has 0 heterocycles. The maximum Gasteiger partial charge on any atom is 0.186 e. The number of rotatable bonds is 2. The molecule has 0 bridgehead atoms. The second-order valence-electron chi connectivity index (χ2n) is 9.92. The largest absolute Gasteiger partial charge is 0.300 e. The minimum absolute atomic E-state index is 0.0528. The third-order valence-electron chi connectivity index (χ3n) is 8.84. The Kier molecular flexibility index (Phi) is 4.73. The van der Waals surface area contributed by atoms with Crippen LogP contribution in [0.4, 0.5) is 0 Å². The summed E-state index contributed by atoms with van der Waals surface area (Å²) in [6.07, 6.45) is 8.97. The molecule has 0 spiro atoms. The molecule has 3 fully saturated rings. The van der Waals surface area contributed by atoms with Gasteiger partial charge in [0.15, 0.2) is 10.9 Å². The fourth-order valence-electron chi connectivity index (χ4n) is 7.62. The molecule has 4 aliphatic rings. The molecule has 4 heteroatoms. The molecule has 0 aromatic heterocycles. The summed E-state index contributed by atoms with van der Waals surface area (Å²) in [5, 5.41) is 0.195. The molecule has 0 aromatic carbocycles. The molecule has 0 aromatic rings. The van der Waals surface area contributed by atoms with Crippen LogP contribution in [0.1, 0.15) is 72.6 Å². The molecule has 27 heavy (non-hydrogen) atoms. The summed E-state index contributed by atoms with van der Waals surface area (Å²) >= 11 is 1.39. The number of Topliss-reactive ketones (excluding diaryl/α,β-unsaturated/α-hetero) is 1. The highest BCUT2D eigenvalue weighted by molar-refractivity contribution is 8.14. The van der Waals surface area contributed by atoms with Gasteiger partial charge in [0.1, 0.15) is 5.78 Å². The quantitative estimate of drug-likeness (QED) is 0.669. The molecule has 3 nitrogen and oxygen atoms in total. The molecule has 0 unspecified atom stereocenters. The van der Waals surface area contributed by atoms with Gasteiger partial charge >= 0.3 is 0 Å². The third kappa shape index (κ3) is 2.81. The molecule has 0 radical (unpaired) electrons. The van der Waals surface area contributed by atoms with Gasteiger partial charge in [-0.1, -0.05) is 31.2 Å². The van der Waals surface area contributed by atoms with Gasteiger partial charge in [-0.15, -0.1) is 0 Å². The minimum atomic E-state index is -0.0528. The van der Waals surface area contributed by atoms with E-state index in [4.69, 9.17) is 0 Å². The summed E-state index contributed by atoms with van der Waals surface area (Å²) in [6.45, 7) is 8.11. The predicted molar refractivity (Wildman–Crippen MR) is 108 cm³/mol. The van der Waals surface area contributed by atoms with Gasteiger partial charge in [-0.2, -0.15) is 0 Å². The number of hydrogen-bond donors (Lipinski definition) is 0. The van der Waals surface area contributed by atoms with Gasteiger partial charge in [0.25, 0.3) is 0 Å². The van der Waals surface area contributed by atoms with Gasteiger partial charge in [0, 0.05) is 29.9 Å². The highest BCUT2D eigenvalue weighted by atomic mass is 32.2. The number of allylic oxidation sites excluding steroid dienone is 1. The van der Waals surface area contributed by atoms with Crippen molar-refractivity contribution in [3.8, 4) is 0 Å². The lowest BCUT2D eigenvalue weighted by Gasteiger charge is -2.59. The van der Waals surface area contributed by atoms with Gasteiger partial charge in [-0.25, -0.2) is 0 Å². The monoisotopic (exact) mass is 388 g/mol. The Morgan fingerprint density at radius 2 is 1.81 bits per heavy atom. The Balaban J connectivity index is 1.70. The van der Waals surface area contributed by atoms with Gasteiger partial charge in [0.2, 0.25) is 0 Å². The van der Waals surface area contributed by atoms with Gasteiger partial charge in [-0.05, 0) is 74.7 Å². The molecule has 4 rings (SSSR count). The molecular weight excluding hydrogens is 356 g/mol. The van der Waals surface area contributed by atoms with E-state index in [9.17, 15) is 14.4 Å². The Labute approximate surface area is 167 Å². The summed E-state index contributed by atoms with van der Waals surface area (Å²) in [6, 6.07) is 0. The van der Waals surface area contributed by atoms with E-state index in [0.29, 0.717) is 30.0 Å². The first-order chi connectivity index (χ1) is 12.7. The number of carbonyl (C=O) groups is 3. The summed E-state index contributed by atoms with van der Waals surface area (Å²) in [5.41, 5.74) is 1.39. The zero-order valence-corrected chi connectivity index (χ0v) is 17.9. The van der Waals surface area contributed by atoms with Crippen LogP contribution in [0.25, 0.3) is 0 Å². The number of ketones is 2. The number of thioether (sulfide) groups is 1. The topological polar surface area (TPSA) is 51.2 Å². The van der Waals surface area contributed by atoms with Crippen LogP contribution in [0.2, 0.25) is 0 Å². The molecule has 0 N–H and O–H groups in total. The van der Waals surface area contributed by atoms with Crippen LogP contribution < -0.4 is 0 Å². The van der Waals surface area contributed by atoms with Crippen molar-refractivity contribution in [1.82, 2.24) is 0 Å².